The zero-order valence-electron chi connectivity index (χ0n) is 11.0. The maximum absolute atomic E-state index is 6.24. The minimum Gasteiger partial charge on any atom is -0.390 e. The highest BCUT2D eigenvalue weighted by Crippen LogP contribution is 2.47. The third-order valence-electron chi connectivity index (χ3n) is 3.64. The molecule has 0 aliphatic heterocycles. The summed E-state index contributed by atoms with van der Waals surface area (Å²) in [5, 5.41) is 4.15. The lowest BCUT2D eigenvalue weighted by Gasteiger charge is -2.29. The first kappa shape index (κ1) is 12.2. The van der Waals surface area contributed by atoms with Gasteiger partial charge in [0, 0.05) is 21.5 Å². The summed E-state index contributed by atoms with van der Waals surface area (Å²) in [6.45, 7) is 6.73. The zero-order valence-corrected chi connectivity index (χ0v) is 12.7. The second-order valence-electron chi connectivity index (χ2n) is 5.88. The van der Waals surface area contributed by atoms with Crippen molar-refractivity contribution in [2.75, 3.05) is 5.73 Å². The highest BCUT2D eigenvalue weighted by molar-refractivity contribution is 7.18. The van der Waals surface area contributed by atoms with Gasteiger partial charge in [-0.05, 0) is 37.2 Å². The van der Waals surface area contributed by atoms with Gasteiger partial charge in [0.1, 0.15) is 5.01 Å². The van der Waals surface area contributed by atoms with Crippen LogP contribution in [0, 0.1) is 12.3 Å². The van der Waals surface area contributed by atoms with Crippen LogP contribution >= 0.6 is 22.7 Å². The zero-order chi connectivity index (χ0) is 12.9. The number of anilines is 1. The average molecular weight is 278 g/mol. The Balaban J connectivity index is 2.10. The van der Waals surface area contributed by atoms with Crippen molar-refractivity contribution < 1.29 is 0 Å². The SMILES string of the molecule is Cc1csc(-c2c(N)sc3c2CCC(C)(C)C3)n1. The molecular formula is C14H18N2S2. The Morgan fingerprint density at radius 3 is 2.83 bits per heavy atom. The molecule has 2 nitrogen and oxygen atoms in total. The number of aryl methyl sites for hydroxylation is 1. The van der Waals surface area contributed by atoms with Gasteiger partial charge < -0.3 is 5.73 Å². The Morgan fingerprint density at radius 1 is 1.39 bits per heavy atom. The summed E-state index contributed by atoms with van der Waals surface area (Å²) in [6, 6.07) is 0. The largest absolute Gasteiger partial charge is 0.390 e. The minimum absolute atomic E-state index is 0.417. The summed E-state index contributed by atoms with van der Waals surface area (Å²) in [5.41, 5.74) is 10.4. The predicted molar refractivity (Wildman–Crippen MR) is 80.4 cm³/mol. The van der Waals surface area contributed by atoms with Gasteiger partial charge in [-0.25, -0.2) is 4.98 Å². The second-order valence-corrected chi connectivity index (χ2v) is 7.87. The lowest BCUT2D eigenvalue weighted by atomic mass is 9.77. The second kappa shape index (κ2) is 4.07. The van der Waals surface area contributed by atoms with E-state index in [1.165, 1.54) is 22.4 Å². The third kappa shape index (κ3) is 1.97. The maximum atomic E-state index is 6.24. The van der Waals surface area contributed by atoms with Gasteiger partial charge in [-0.2, -0.15) is 0 Å². The summed E-state index contributed by atoms with van der Waals surface area (Å²) in [7, 11) is 0. The number of thiazole rings is 1. The molecule has 0 amide bonds. The van der Waals surface area contributed by atoms with Gasteiger partial charge in [-0.3, -0.25) is 0 Å². The van der Waals surface area contributed by atoms with Crippen LogP contribution in [0.1, 0.15) is 36.4 Å². The number of aromatic nitrogens is 1. The van der Waals surface area contributed by atoms with Crippen LogP contribution in [0.2, 0.25) is 0 Å². The van der Waals surface area contributed by atoms with Crippen LogP contribution in [-0.2, 0) is 12.8 Å². The number of nitrogens with two attached hydrogens (primary N) is 1. The molecule has 2 aromatic heterocycles. The topological polar surface area (TPSA) is 38.9 Å². The van der Waals surface area contributed by atoms with E-state index in [0.29, 0.717) is 5.41 Å². The standard InChI is InChI=1S/C14H18N2S2/c1-8-7-17-13(16-8)11-9-4-5-14(2,3)6-10(9)18-12(11)15/h7H,4-6,15H2,1-3H3. The van der Waals surface area contributed by atoms with E-state index in [-0.39, 0.29) is 0 Å². The van der Waals surface area contributed by atoms with Crippen LogP contribution < -0.4 is 5.73 Å². The molecule has 1 aliphatic rings. The molecule has 0 radical (unpaired) electrons. The van der Waals surface area contributed by atoms with Crippen LogP contribution in [0.25, 0.3) is 10.6 Å². The van der Waals surface area contributed by atoms with Gasteiger partial charge in [-0.15, -0.1) is 22.7 Å². The number of rotatable bonds is 1. The van der Waals surface area contributed by atoms with E-state index in [9.17, 15) is 0 Å². The molecule has 0 bridgehead atoms. The van der Waals surface area contributed by atoms with Crippen molar-refractivity contribution in [3.05, 3.63) is 21.5 Å². The van der Waals surface area contributed by atoms with Crippen LogP contribution in [-0.4, -0.2) is 4.98 Å². The fourth-order valence-corrected chi connectivity index (χ4v) is 4.96. The summed E-state index contributed by atoms with van der Waals surface area (Å²) < 4.78 is 0. The van der Waals surface area contributed by atoms with E-state index >= 15 is 0 Å². The van der Waals surface area contributed by atoms with Gasteiger partial charge in [0.15, 0.2) is 0 Å². The molecule has 0 atom stereocenters. The van der Waals surface area contributed by atoms with Crippen molar-refractivity contribution in [2.24, 2.45) is 5.41 Å². The predicted octanol–water partition coefficient (Wildman–Crippen LogP) is 4.28. The van der Waals surface area contributed by atoms with Crippen molar-refractivity contribution in [1.82, 2.24) is 4.98 Å². The molecule has 96 valence electrons. The van der Waals surface area contributed by atoms with E-state index in [1.54, 1.807) is 22.7 Å². The van der Waals surface area contributed by atoms with Crippen LogP contribution in [0.3, 0.4) is 0 Å². The van der Waals surface area contributed by atoms with Crippen molar-refractivity contribution in [3.63, 3.8) is 0 Å². The summed E-state index contributed by atoms with van der Waals surface area (Å²) in [4.78, 5) is 6.08. The molecule has 4 heteroatoms. The van der Waals surface area contributed by atoms with Gasteiger partial charge in [0.05, 0.1) is 5.00 Å². The number of hydrogen-bond acceptors (Lipinski definition) is 4. The Labute approximate surface area is 116 Å². The first-order chi connectivity index (χ1) is 8.46. The van der Waals surface area contributed by atoms with E-state index < -0.39 is 0 Å². The Kier molecular flexibility index (Phi) is 2.75. The fraction of sp³-hybridized carbons (Fsp3) is 0.500. The third-order valence-corrected chi connectivity index (χ3v) is 5.68. The number of nitrogen functional groups attached to an aromatic ring is 1. The number of hydrogen-bond donors (Lipinski definition) is 1. The molecule has 18 heavy (non-hydrogen) atoms. The molecular weight excluding hydrogens is 260 g/mol. The molecule has 0 saturated heterocycles. The normalized spacial score (nSPS) is 17.7. The van der Waals surface area contributed by atoms with Crippen molar-refractivity contribution in [1.29, 1.82) is 0 Å². The molecule has 3 rings (SSSR count). The van der Waals surface area contributed by atoms with Crippen molar-refractivity contribution in [2.45, 2.75) is 40.0 Å². The quantitative estimate of drug-likeness (QED) is 0.845. The summed E-state index contributed by atoms with van der Waals surface area (Å²) >= 11 is 3.48. The van der Waals surface area contributed by atoms with Crippen molar-refractivity contribution in [3.8, 4) is 10.6 Å². The Hall–Kier alpha value is -0.870. The van der Waals surface area contributed by atoms with Crippen molar-refractivity contribution >= 4 is 27.7 Å². The molecule has 1 aliphatic carbocycles. The first-order valence-electron chi connectivity index (χ1n) is 6.29. The number of thiophene rings is 1. The molecule has 0 aromatic carbocycles. The van der Waals surface area contributed by atoms with Gasteiger partial charge in [0.25, 0.3) is 0 Å². The molecule has 2 N–H and O–H groups in total. The Morgan fingerprint density at radius 2 is 2.17 bits per heavy atom. The van der Waals surface area contributed by atoms with E-state index in [2.05, 4.69) is 24.2 Å². The summed E-state index contributed by atoms with van der Waals surface area (Å²) in [5.74, 6) is 0. The molecule has 0 unspecified atom stereocenters. The van der Waals surface area contributed by atoms with Gasteiger partial charge >= 0.3 is 0 Å². The molecule has 0 spiro atoms. The molecule has 0 fully saturated rings. The lowest BCUT2D eigenvalue weighted by molar-refractivity contribution is 0.319. The van der Waals surface area contributed by atoms with E-state index in [4.69, 9.17) is 5.73 Å². The highest BCUT2D eigenvalue weighted by Gasteiger charge is 2.30. The molecule has 2 heterocycles. The average Bonchev–Trinajstić information content (AvgIpc) is 2.79. The molecule has 2 aromatic rings. The number of fused-ring (bicyclic) bond motifs is 1. The Bertz CT molecular complexity index is 593. The van der Waals surface area contributed by atoms with Crippen LogP contribution in [0.4, 0.5) is 5.00 Å². The van der Waals surface area contributed by atoms with E-state index in [1.807, 2.05) is 6.92 Å². The highest BCUT2D eigenvalue weighted by atomic mass is 32.1. The van der Waals surface area contributed by atoms with Crippen LogP contribution in [0.5, 0.6) is 0 Å². The smallest absolute Gasteiger partial charge is 0.126 e. The minimum atomic E-state index is 0.417. The molecule has 0 saturated carbocycles. The monoisotopic (exact) mass is 278 g/mol. The number of nitrogens with zero attached hydrogens (tertiary/aromatic N) is 1. The van der Waals surface area contributed by atoms with E-state index in [0.717, 1.165) is 28.5 Å². The lowest BCUT2D eigenvalue weighted by Crippen LogP contribution is -2.20. The van der Waals surface area contributed by atoms with Gasteiger partial charge in [0.2, 0.25) is 0 Å². The first-order valence-corrected chi connectivity index (χ1v) is 7.98. The van der Waals surface area contributed by atoms with Gasteiger partial charge in [-0.1, -0.05) is 13.8 Å². The van der Waals surface area contributed by atoms with Crippen LogP contribution in [0.15, 0.2) is 5.38 Å². The fourth-order valence-electron chi connectivity index (χ4n) is 2.63. The maximum Gasteiger partial charge on any atom is 0.126 e. The summed E-state index contributed by atoms with van der Waals surface area (Å²) in [6.07, 6.45) is 3.54.